The molecule has 0 bridgehead atoms. The lowest BCUT2D eigenvalue weighted by atomic mass is 9.99. The van der Waals surface area contributed by atoms with Crippen molar-refractivity contribution in [3.8, 4) is 11.1 Å². The minimum absolute atomic E-state index is 0.263. The lowest BCUT2D eigenvalue weighted by molar-refractivity contribution is -0.125. The monoisotopic (exact) mass is 406 g/mol. The Balaban J connectivity index is 1.82. The number of amides is 2. The molecule has 1 saturated heterocycles. The van der Waals surface area contributed by atoms with Crippen molar-refractivity contribution in [2.75, 3.05) is 14.1 Å². The van der Waals surface area contributed by atoms with Gasteiger partial charge in [0.15, 0.2) is 0 Å². The van der Waals surface area contributed by atoms with E-state index in [1.807, 2.05) is 37.2 Å². The fourth-order valence-corrected chi connectivity index (χ4v) is 3.62. The highest BCUT2D eigenvalue weighted by Gasteiger charge is 2.41. The van der Waals surface area contributed by atoms with Gasteiger partial charge in [0.05, 0.1) is 6.04 Å². The minimum Gasteiger partial charge on any atom is -0.443 e. The molecule has 2 aromatic rings. The first-order valence-electron chi connectivity index (χ1n) is 10.2. The van der Waals surface area contributed by atoms with Crippen LogP contribution in [0.25, 0.3) is 11.1 Å². The highest BCUT2D eigenvalue weighted by molar-refractivity contribution is 6.05. The third-order valence-electron chi connectivity index (χ3n) is 4.85. The van der Waals surface area contributed by atoms with Gasteiger partial charge in [-0.05, 0) is 43.9 Å². The zero-order chi connectivity index (χ0) is 21.9. The van der Waals surface area contributed by atoms with Gasteiger partial charge in [0, 0.05) is 32.3 Å². The number of imide groups is 1. The van der Waals surface area contributed by atoms with Gasteiger partial charge in [0.25, 0.3) is 5.91 Å². The molecule has 1 heterocycles. The van der Waals surface area contributed by atoms with E-state index in [9.17, 15) is 9.59 Å². The van der Waals surface area contributed by atoms with E-state index in [1.54, 1.807) is 27.0 Å². The van der Waals surface area contributed by atoms with Crippen LogP contribution in [0.15, 0.2) is 66.4 Å². The van der Waals surface area contributed by atoms with E-state index in [4.69, 9.17) is 4.74 Å². The second-order valence-electron chi connectivity index (χ2n) is 8.90. The van der Waals surface area contributed by atoms with Crippen LogP contribution in [0.4, 0.5) is 4.79 Å². The van der Waals surface area contributed by atoms with E-state index in [0.29, 0.717) is 18.4 Å². The highest BCUT2D eigenvalue weighted by Crippen LogP contribution is 2.29. The molecular formula is C25H30N2O3. The average Bonchev–Trinajstić information content (AvgIpc) is 2.96. The SMILES string of the molecule is CN(C)C=C1CC(Cc2ccc(-c3ccccc3)cc2)N(C(=O)OC(C)(C)C)C1=O. The predicted molar refractivity (Wildman–Crippen MR) is 119 cm³/mol. The summed E-state index contributed by atoms with van der Waals surface area (Å²) >= 11 is 0. The number of benzene rings is 2. The van der Waals surface area contributed by atoms with Crippen LogP contribution >= 0.6 is 0 Å². The molecule has 0 radical (unpaired) electrons. The first-order valence-corrected chi connectivity index (χ1v) is 10.2. The Morgan fingerprint density at radius 1 is 1.07 bits per heavy atom. The van der Waals surface area contributed by atoms with Gasteiger partial charge in [-0.2, -0.15) is 0 Å². The van der Waals surface area contributed by atoms with E-state index in [2.05, 4.69) is 36.4 Å². The summed E-state index contributed by atoms with van der Waals surface area (Å²) in [5, 5.41) is 0. The van der Waals surface area contributed by atoms with Gasteiger partial charge < -0.3 is 9.64 Å². The first-order chi connectivity index (χ1) is 14.1. The Labute approximate surface area is 178 Å². The summed E-state index contributed by atoms with van der Waals surface area (Å²) in [6.45, 7) is 5.41. The van der Waals surface area contributed by atoms with Crippen molar-refractivity contribution < 1.29 is 14.3 Å². The van der Waals surface area contributed by atoms with Crippen LogP contribution in [0, 0.1) is 0 Å². The fraction of sp³-hybridized carbons (Fsp3) is 0.360. The second-order valence-corrected chi connectivity index (χ2v) is 8.90. The normalized spacial score (nSPS) is 18.0. The Morgan fingerprint density at radius 2 is 1.67 bits per heavy atom. The van der Waals surface area contributed by atoms with Crippen molar-refractivity contribution in [3.05, 3.63) is 71.9 Å². The molecule has 2 amide bonds. The molecule has 0 spiro atoms. The molecule has 30 heavy (non-hydrogen) atoms. The van der Waals surface area contributed by atoms with Gasteiger partial charge in [-0.15, -0.1) is 0 Å². The number of hydrogen-bond donors (Lipinski definition) is 0. The number of nitrogens with zero attached hydrogens (tertiary/aromatic N) is 2. The van der Waals surface area contributed by atoms with Gasteiger partial charge in [-0.3, -0.25) is 4.79 Å². The van der Waals surface area contributed by atoms with Crippen LogP contribution < -0.4 is 0 Å². The van der Waals surface area contributed by atoms with Crippen LogP contribution in [-0.2, 0) is 16.0 Å². The number of hydrogen-bond acceptors (Lipinski definition) is 4. The summed E-state index contributed by atoms with van der Waals surface area (Å²) in [5.41, 5.74) is 3.34. The summed E-state index contributed by atoms with van der Waals surface area (Å²) in [7, 11) is 3.74. The molecule has 0 saturated carbocycles. The predicted octanol–water partition coefficient (Wildman–Crippen LogP) is 4.88. The largest absolute Gasteiger partial charge is 0.443 e. The van der Waals surface area contributed by atoms with Crippen molar-refractivity contribution in [3.63, 3.8) is 0 Å². The number of carbonyl (C=O) groups is 2. The topological polar surface area (TPSA) is 49.9 Å². The fourth-order valence-electron chi connectivity index (χ4n) is 3.62. The van der Waals surface area contributed by atoms with Crippen molar-refractivity contribution in [2.24, 2.45) is 0 Å². The Hall–Kier alpha value is -3.08. The lowest BCUT2D eigenvalue weighted by Crippen LogP contribution is -2.43. The highest BCUT2D eigenvalue weighted by atomic mass is 16.6. The molecule has 0 aromatic heterocycles. The molecule has 1 unspecified atom stereocenters. The standard InChI is InChI=1S/C25H30N2O3/c1-25(2,3)30-24(29)27-22(16-21(23(27)28)17-26(4)5)15-18-11-13-20(14-12-18)19-9-7-6-8-10-19/h6-14,17,22H,15-16H2,1-5H3. The molecule has 2 aromatic carbocycles. The maximum atomic E-state index is 12.9. The van der Waals surface area contributed by atoms with Gasteiger partial charge >= 0.3 is 6.09 Å². The van der Waals surface area contributed by atoms with Crippen LogP contribution in [0.3, 0.4) is 0 Å². The second kappa shape index (κ2) is 8.74. The molecular weight excluding hydrogens is 376 g/mol. The van der Waals surface area contributed by atoms with E-state index >= 15 is 0 Å². The van der Waals surface area contributed by atoms with E-state index < -0.39 is 11.7 Å². The molecule has 158 valence electrons. The van der Waals surface area contributed by atoms with Crippen molar-refractivity contribution >= 4 is 12.0 Å². The number of carbonyl (C=O) groups excluding carboxylic acids is 2. The Kier molecular flexibility index (Phi) is 6.30. The molecule has 1 atom stereocenters. The lowest BCUT2D eigenvalue weighted by Gasteiger charge is -2.27. The third kappa shape index (κ3) is 5.29. The molecule has 1 aliphatic heterocycles. The molecule has 5 heteroatoms. The number of rotatable bonds is 4. The van der Waals surface area contributed by atoms with Crippen molar-refractivity contribution in [1.29, 1.82) is 0 Å². The Bertz CT molecular complexity index is 925. The first kappa shape index (κ1) is 21.6. The average molecular weight is 407 g/mol. The van der Waals surface area contributed by atoms with E-state index in [0.717, 1.165) is 16.7 Å². The molecule has 1 aliphatic rings. The third-order valence-corrected chi connectivity index (χ3v) is 4.85. The molecule has 3 rings (SSSR count). The maximum absolute atomic E-state index is 12.9. The summed E-state index contributed by atoms with van der Waals surface area (Å²) in [6, 6.07) is 18.2. The molecule has 0 aliphatic carbocycles. The summed E-state index contributed by atoms with van der Waals surface area (Å²) in [6.07, 6.45) is 2.31. The van der Waals surface area contributed by atoms with E-state index in [1.165, 1.54) is 4.90 Å². The number of likely N-dealkylation sites (tertiary alicyclic amines) is 1. The van der Waals surface area contributed by atoms with Crippen molar-refractivity contribution in [2.45, 2.75) is 45.3 Å². The number of ether oxygens (including phenoxy) is 1. The quantitative estimate of drug-likeness (QED) is 0.679. The summed E-state index contributed by atoms with van der Waals surface area (Å²) in [5.74, 6) is -0.274. The van der Waals surface area contributed by atoms with Gasteiger partial charge in [-0.25, -0.2) is 9.69 Å². The van der Waals surface area contributed by atoms with Gasteiger partial charge in [0.2, 0.25) is 0 Å². The van der Waals surface area contributed by atoms with Crippen molar-refractivity contribution in [1.82, 2.24) is 9.80 Å². The zero-order valence-electron chi connectivity index (χ0n) is 18.4. The molecule has 0 N–H and O–H groups in total. The van der Waals surface area contributed by atoms with Crippen LogP contribution in [0.5, 0.6) is 0 Å². The molecule has 1 fully saturated rings. The summed E-state index contributed by atoms with van der Waals surface area (Å²) < 4.78 is 5.52. The van der Waals surface area contributed by atoms with Crippen LogP contribution in [0.2, 0.25) is 0 Å². The van der Waals surface area contributed by atoms with Crippen LogP contribution in [0.1, 0.15) is 32.8 Å². The maximum Gasteiger partial charge on any atom is 0.417 e. The Morgan fingerprint density at radius 3 is 2.23 bits per heavy atom. The minimum atomic E-state index is -0.659. The van der Waals surface area contributed by atoms with E-state index in [-0.39, 0.29) is 11.9 Å². The van der Waals surface area contributed by atoms with Crippen LogP contribution in [-0.4, -0.2) is 47.5 Å². The zero-order valence-corrected chi connectivity index (χ0v) is 18.4. The molecule has 5 nitrogen and oxygen atoms in total. The summed E-state index contributed by atoms with van der Waals surface area (Å²) in [4.78, 5) is 28.8. The van der Waals surface area contributed by atoms with Gasteiger partial charge in [-0.1, -0.05) is 54.6 Å². The van der Waals surface area contributed by atoms with Gasteiger partial charge in [0.1, 0.15) is 5.60 Å². The smallest absolute Gasteiger partial charge is 0.417 e.